The molecule has 18 heavy (non-hydrogen) atoms. The summed E-state index contributed by atoms with van der Waals surface area (Å²) in [4.78, 5) is 26.3. The predicted molar refractivity (Wildman–Crippen MR) is 72.9 cm³/mol. The van der Waals surface area contributed by atoms with Crippen LogP contribution in [0.4, 0.5) is 0 Å². The molecule has 1 saturated heterocycles. The molecule has 2 amide bonds. The number of nitrogens with two attached hydrogens (primary N) is 1. The van der Waals surface area contributed by atoms with Gasteiger partial charge in [0.05, 0.1) is 15.9 Å². The van der Waals surface area contributed by atoms with Crippen LogP contribution in [-0.2, 0) is 9.59 Å². The number of carbonyl (C=O) groups excluding carboxylic acids is 2. The SMILES string of the molecule is CC(C)(C(N)=S)N1C(=O)CC2(CCCCC2)C1=O. The summed E-state index contributed by atoms with van der Waals surface area (Å²) in [5, 5.41) is 0. The summed E-state index contributed by atoms with van der Waals surface area (Å²) in [5.74, 6) is -0.190. The zero-order valence-corrected chi connectivity index (χ0v) is 11.8. The maximum atomic E-state index is 12.6. The van der Waals surface area contributed by atoms with Crippen molar-refractivity contribution in [2.45, 2.75) is 57.9 Å². The highest BCUT2D eigenvalue weighted by Gasteiger charge is 2.55. The number of hydrogen-bond acceptors (Lipinski definition) is 3. The van der Waals surface area contributed by atoms with Crippen LogP contribution in [0.25, 0.3) is 0 Å². The van der Waals surface area contributed by atoms with Crippen molar-refractivity contribution < 1.29 is 9.59 Å². The molecule has 2 fully saturated rings. The monoisotopic (exact) mass is 268 g/mol. The lowest BCUT2D eigenvalue weighted by molar-refractivity contribution is -0.145. The van der Waals surface area contributed by atoms with Crippen molar-refractivity contribution in [2.75, 3.05) is 0 Å². The molecule has 0 atom stereocenters. The van der Waals surface area contributed by atoms with E-state index in [0.29, 0.717) is 6.42 Å². The third kappa shape index (κ3) is 1.85. The van der Waals surface area contributed by atoms with E-state index in [4.69, 9.17) is 18.0 Å². The average Bonchev–Trinajstić information content (AvgIpc) is 2.51. The Hall–Kier alpha value is -0.970. The average molecular weight is 268 g/mol. The van der Waals surface area contributed by atoms with Gasteiger partial charge in [-0.1, -0.05) is 31.5 Å². The van der Waals surface area contributed by atoms with E-state index in [-0.39, 0.29) is 16.8 Å². The minimum absolute atomic E-state index is 0.0648. The molecule has 0 aromatic heterocycles. The highest BCUT2D eigenvalue weighted by atomic mass is 32.1. The van der Waals surface area contributed by atoms with Crippen LogP contribution in [0.2, 0.25) is 0 Å². The van der Waals surface area contributed by atoms with E-state index in [1.54, 1.807) is 13.8 Å². The van der Waals surface area contributed by atoms with Gasteiger partial charge in [-0.15, -0.1) is 0 Å². The van der Waals surface area contributed by atoms with Gasteiger partial charge in [0.1, 0.15) is 0 Å². The van der Waals surface area contributed by atoms with Crippen LogP contribution in [0, 0.1) is 5.41 Å². The Morgan fingerprint density at radius 2 is 1.83 bits per heavy atom. The van der Waals surface area contributed by atoms with E-state index >= 15 is 0 Å². The Labute approximate surface area is 113 Å². The number of hydrogen-bond donors (Lipinski definition) is 1. The highest BCUT2D eigenvalue weighted by molar-refractivity contribution is 7.80. The molecule has 0 aromatic carbocycles. The largest absolute Gasteiger partial charge is 0.391 e. The van der Waals surface area contributed by atoms with Crippen molar-refractivity contribution in [1.82, 2.24) is 4.90 Å². The van der Waals surface area contributed by atoms with Gasteiger partial charge < -0.3 is 5.73 Å². The van der Waals surface area contributed by atoms with Crippen LogP contribution in [0.1, 0.15) is 52.4 Å². The Kier molecular flexibility index (Phi) is 3.21. The van der Waals surface area contributed by atoms with Crippen molar-refractivity contribution in [3.63, 3.8) is 0 Å². The number of carbonyl (C=O) groups is 2. The second-order valence-corrected chi connectivity index (χ2v) is 6.42. The summed E-state index contributed by atoms with van der Waals surface area (Å²) in [7, 11) is 0. The summed E-state index contributed by atoms with van der Waals surface area (Å²) in [6.07, 6.45) is 5.18. The van der Waals surface area contributed by atoms with E-state index in [1.165, 1.54) is 4.90 Å². The summed E-state index contributed by atoms with van der Waals surface area (Å²) >= 11 is 5.00. The number of thiocarbonyl (C=S) groups is 1. The number of amides is 2. The minimum Gasteiger partial charge on any atom is -0.391 e. The quantitative estimate of drug-likeness (QED) is 0.612. The third-order valence-electron chi connectivity index (χ3n) is 4.37. The molecule has 0 bridgehead atoms. The van der Waals surface area contributed by atoms with Crippen LogP contribution >= 0.6 is 12.2 Å². The van der Waals surface area contributed by atoms with Crippen molar-refractivity contribution in [3.8, 4) is 0 Å². The van der Waals surface area contributed by atoms with Gasteiger partial charge in [-0.05, 0) is 26.7 Å². The van der Waals surface area contributed by atoms with E-state index < -0.39 is 11.0 Å². The van der Waals surface area contributed by atoms with Gasteiger partial charge in [0.2, 0.25) is 11.8 Å². The fourth-order valence-electron chi connectivity index (χ4n) is 3.09. The zero-order valence-electron chi connectivity index (χ0n) is 11.0. The molecule has 2 N–H and O–H groups in total. The Morgan fingerprint density at radius 1 is 1.28 bits per heavy atom. The molecular weight excluding hydrogens is 248 g/mol. The molecule has 1 spiro atoms. The van der Waals surface area contributed by atoms with E-state index in [0.717, 1.165) is 32.1 Å². The van der Waals surface area contributed by atoms with Crippen LogP contribution < -0.4 is 5.73 Å². The van der Waals surface area contributed by atoms with Gasteiger partial charge >= 0.3 is 0 Å². The van der Waals surface area contributed by atoms with Gasteiger partial charge in [0, 0.05) is 6.42 Å². The first-order valence-corrected chi connectivity index (χ1v) is 6.89. The lowest BCUT2D eigenvalue weighted by Gasteiger charge is -2.36. The predicted octanol–water partition coefficient (Wildman–Crippen LogP) is 1.76. The number of rotatable bonds is 2. The Bertz CT molecular complexity index is 411. The van der Waals surface area contributed by atoms with Crippen LogP contribution in [-0.4, -0.2) is 27.2 Å². The van der Waals surface area contributed by atoms with Crippen molar-refractivity contribution >= 4 is 29.0 Å². The first kappa shape index (κ1) is 13.5. The van der Waals surface area contributed by atoms with Gasteiger partial charge in [-0.2, -0.15) is 0 Å². The van der Waals surface area contributed by atoms with E-state index in [1.807, 2.05) is 0 Å². The second-order valence-electron chi connectivity index (χ2n) is 5.98. The first-order chi connectivity index (χ1) is 8.31. The van der Waals surface area contributed by atoms with Crippen molar-refractivity contribution in [1.29, 1.82) is 0 Å². The molecule has 2 aliphatic rings. The molecule has 100 valence electrons. The van der Waals surface area contributed by atoms with Crippen LogP contribution in [0.3, 0.4) is 0 Å². The van der Waals surface area contributed by atoms with E-state index in [2.05, 4.69) is 0 Å². The molecule has 1 aliphatic carbocycles. The molecule has 1 saturated carbocycles. The molecule has 5 heteroatoms. The summed E-state index contributed by atoms with van der Waals surface area (Å²) < 4.78 is 0. The zero-order chi connectivity index (χ0) is 13.6. The summed E-state index contributed by atoms with van der Waals surface area (Å²) in [5.41, 5.74) is 4.36. The molecule has 0 aromatic rings. The normalized spacial score (nSPS) is 23.8. The lowest BCUT2D eigenvalue weighted by Crippen LogP contribution is -2.56. The summed E-state index contributed by atoms with van der Waals surface area (Å²) in [6, 6.07) is 0. The molecule has 2 rings (SSSR count). The maximum absolute atomic E-state index is 12.6. The minimum atomic E-state index is -0.857. The molecule has 1 heterocycles. The molecule has 1 aliphatic heterocycles. The standard InChI is InChI=1S/C13H20N2O2S/c1-12(2,10(14)18)15-9(16)8-13(11(15)17)6-4-3-5-7-13/h3-8H2,1-2H3,(H2,14,18). The number of likely N-dealkylation sites (tertiary alicyclic amines) is 1. The van der Waals surface area contributed by atoms with Crippen LogP contribution in [0.15, 0.2) is 0 Å². The number of nitrogens with zero attached hydrogens (tertiary/aromatic N) is 1. The molecule has 4 nitrogen and oxygen atoms in total. The fraction of sp³-hybridized carbons (Fsp3) is 0.769. The van der Waals surface area contributed by atoms with Gasteiger partial charge in [0.25, 0.3) is 0 Å². The Morgan fingerprint density at radius 3 is 2.33 bits per heavy atom. The third-order valence-corrected chi connectivity index (χ3v) is 4.87. The highest BCUT2D eigenvalue weighted by Crippen LogP contribution is 2.47. The number of imide groups is 1. The molecule has 0 unspecified atom stereocenters. The second kappa shape index (κ2) is 4.30. The topological polar surface area (TPSA) is 63.4 Å². The van der Waals surface area contributed by atoms with Crippen LogP contribution in [0.5, 0.6) is 0 Å². The lowest BCUT2D eigenvalue weighted by atomic mass is 9.73. The fourth-order valence-corrected chi connectivity index (χ4v) is 3.18. The summed E-state index contributed by atoms with van der Waals surface area (Å²) in [6.45, 7) is 3.49. The van der Waals surface area contributed by atoms with Crippen molar-refractivity contribution in [2.24, 2.45) is 11.1 Å². The van der Waals surface area contributed by atoms with Gasteiger partial charge in [0.15, 0.2) is 0 Å². The first-order valence-electron chi connectivity index (χ1n) is 6.49. The smallest absolute Gasteiger partial charge is 0.236 e. The van der Waals surface area contributed by atoms with Crippen molar-refractivity contribution in [3.05, 3.63) is 0 Å². The maximum Gasteiger partial charge on any atom is 0.236 e. The Balaban J connectivity index is 2.32. The molecular formula is C13H20N2O2S. The van der Waals surface area contributed by atoms with Gasteiger partial charge in [-0.3, -0.25) is 14.5 Å². The molecule has 0 radical (unpaired) electrons. The van der Waals surface area contributed by atoms with Gasteiger partial charge in [-0.25, -0.2) is 0 Å². The van der Waals surface area contributed by atoms with E-state index in [9.17, 15) is 9.59 Å².